The number of Topliss-reactive ketones (excluding diaryl/α,β-unsaturated/α-hetero) is 1. The number of hydroxylamine groups is 2. The van der Waals surface area contributed by atoms with Gasteiger partial charge in [0.2, 0.25) is 0 Å². The third-order valence-corrected chi connectivity index (χ3v) is 1.80. The lowest BCUT2D eigenvalue weighted by Crippen LogP contribution is -2.30. The Morgan fingerprint density at radius 1 is 1.69 bits per heavy atom. The number of hydrogen-bond acceptors (Lipinski definition) is 5. The van der Waals surface area contributed by atoms with Crippen LogP contribution in [0.15, 0.2) is 0 Å². The highest BCUT2D eigenvalue weighted by molar-refractivity contribution is 6.13. The van der Waals surface area contributed by atoms with Gasteiger partial charge >= 0.3 is 0 Å². The molecule has 1 fully saturated rings. The van der Waals surface area contributed by atoms with Gasteiger partial charge in [0.1, 0.15) is 12.5 Å². The summed E-state index contributed by atoms with van der Waals surface area (Å²) in [5, 5.41) is 8.78. The Balaban J connectivity index is 2.68. The first kappa shape index (κ1) is 9.82. The Morgan fingerprint density at radius 3 is 2.69 bits per heavy atom. The van der Waals surface area contributed by atoms with Gasteiger partial charge in [-0.15, -0.1) is 0 Å². The quantitative estimate of drug-likeness (QED) is 0.347. The second-order valence-electron chi connectivity index (χ2n) is 2.70. The Bertz CT molecular complexity index is 262. The number of imide groups is 1. The van der Waals surface area contributed by atoms with Crippen molar-refractivity contribution in [3.63, 3.8) is 0 Å². The largest absolute Gasteiger partial charge is 0.377 e. The van der Waals surface area contributed by atoms with Crippen LogP contribution in [0.2, 0.25) is 0 Å². The van der Waals surface area contributed by atoms with Gasteiger partial charge in [0, 0.05) is 13.5 Å². The number of rotatable bonds is 3. The maximum Gasteiger partial charge on any atom is 0.264 e. The van der Waals surface area contributed by atoms with E-state index < -0.39 is 23.5 Å². The first-order valence-electron chi connectivity index (χ1n) is 3.65. The summed E-state index contributed by atoms with van der Waals surface area (Å²) in [6, 6.07) is 0. The van der Waals surface area contributed by atoms with Crippen LogP contribution in [-0.2, 0) is 19.1 Å². The smallest absolute Gasteiger partial charge is 0.264 e. The minimum atomic E-state index is -1.07. The maximum absolute atomic E-state index is 11.1. The number of ketones is 1. The van der Waals surface area contributed by atoms with E-state index in [2.05, 4.69) is 4.74 Å². The van der Waals surface area contributed by atoms with Gasteiger partial charge in [0.15, 0.2) is 5.78 Å². The fourth-order valence-corrected chi connectivity index (χ4v) is 1.11. The second-order valence-corrected chi connectivity index (χ2v) is 2.70. The third kappa shape index (κ3) is 1.73. The molecule has 1 atom stereocenters. The predicted molar refractivity (Wildman–Crippen MR) is 38.6 cm³/mol. The van der Waals surface area contributed by atoms with Gasteiger partial charge in [-0.3, -0.25) is 19.6 Å². The Hall–Kier alpha value is -1.27. The van der Waals surface area contributed by atoms with E-state index in [1.54, 1.807) is 0 Å². The summed E-state index contributed by atoms with van der Waals surface area (Å²) in [6.45, 7) is -0.225. The zero-order valence-corrected chi connectivity index (χ0v) is 7.02. The molecule has 0 aromatic heterocycles. The van der Waals surface area contributed by atoms with Crippen LogP contribution in [0, 0.1) is 5.92 Å². The highest BCUT2D eigenvalue weighted by atomic mass is 16.5. The number of hydrogen-bond donors (Lipinski definition) is 1. The molecular formula is C7H9NO5. The highest BCUT2D eigenvalue weighted by Crippen LogP contribution is 2.18. The topological polar surface area (TPSA) is 83.9 Å². The molecule has 6 nitrogen and oxygen atoms in total. The molecule has 1 N–H and O–H groups in total. The fourth-order valence-electron chi connectivity index (χ4n) is 1.11. The summed E-state index contributed by atoms with van der Waals surface area (Å²) in [6.07, 6.45) is -0.266. The van der Waals surface area contributed by atoms with Crippen LogP contribution in [0.1, 0.15) is 6.42 Å². The molecule has 2 amide bonds. The van der Waals surface area contributed by atoms with Crippen molar-refractivity contribution >= 4 is 17.6 Å². The minimum Gasteiger partial charge on any atom is -0.377 e. The first-order chi connectivity index (χ1) is 6.07. The van der Waals surface area contributed by atoms with Crippen molar-refractivity contribution in [3.05, 3.63) is 0 Å². The van der Waals surface area contributed by atoms with E-state index in [9.17, 15) is 14.4 Å². The number of nitrogens with zero attached hydrogens (tertiary/aromatic N) is 1. The Labute approximate surface area is 74.0 Å². The van der Waals surface area contributed by atoms with E-state index in [1.807, 2.05) is 0 Å². The Morgan fingerprint density at radius 2 is 2.31 bits per heavy atom. The van der Waals surface area contributed by atoms with Crippen LogP contribution in [0.4, 0.5) is 0 Å². The summed E-state index contributed by atoms with van der Waals surface area (Å²) < 4.78 is 4.52. The molecule has 1 unspecified atom stereocenters. The van der Waals surface area contributed by atoms with Crippen LogP contribution < -0.4 is 0 Å². The average Bonchev–Trinajstić information content (AvgIpc) is 2.33. The summed E-state index contributed by atoms with van der Waals surface area (Å²) in [7, 11) is 1.32. The standard InChI is InChI=1S/C7H9NO5/c1-13-3-5(9)4-2-6(10)8(12)7(4)11/h4,12H,2-3H2,1H3. The SMILES string of the molecule is COCC(=O)C1CC(=O)N(O)C1=O. The fraction of sp³-hybridized carbons (Fsp3) is 0.571. The molecule has 0 aliphatic carbocycles. The molecular weight excluding hydrogens is 178 g/mol. The average molecular weight is 187 g/mol. The number of carbonyl (C=O) groups is 3. The van der Waals surface area contributed by atoms with Crippen LogP contribution in [-0.4, -0.2) is 41.6 Å². The zero-order valence-electron chi connectivity index (χ0n) is 7.02. The van der Waals surface area contributed by atoms with Gasteiger partial charge in [0.05, 0.1) is 0 Å². The predicted octanol–water partition coefficient (Wildman–Crippen LogP) is -1.03. The lowest BCUT2D eigenvalue weighted by molar-refractivity contribution is -0.172. The number of carbonyl (C=O) groups excluding carboxylic acids is 3. The summed E-state index contributed by atoms with van der Waals surface area (Å²) in [4.78, 5) is 32.9. The summed E-state index contributed by atoms with van der Waals surface area (Å²) in [5.41, 5.74) is 0. The second kappa shape index (κ2) is 3.63. The van der Waals surface area contributed by atoms with Crippen molar-refractivity contribution in [3.8, 4) is 0 Å². The molecule has 1 aliphatic rings. The van der Waals surface area contributed by atoms with E-state index in [4.69, 9.17) is 5.21 Å². The molecule has 0 radical (unpaired) electrons. The zero-order chi connectivity index (χ0) is 10.0. The molecule has 72 valence electrons. The van der Waals surface area contributed by atoms with Crippen molar-refractivity contribution in [1.29, 1.82) is 0 Å². The van der Waals surface area contributed by atoms with Gasteiger partial charge in [-0.1, -0.05) is 0 Å². The van der Waals surface area contributed by atoms with Gasteiger partial charge < -0.3 is 4.74 Å². The number of methoxy groups -OCH3 is 1. The first-order valence-corrected chi connectivity index (χ1v) is 3.65. The van der Waals surface area contributed by atoms with E-state index in [0.29, 0.717) is 0 Å². The van der Waals surface area contributed by atoms with Gasteiger partial charge in [0.25, 0.3) is 11.8 Å². The van der Waals surface area contributed by atoms with E-state index in [1.165, 1.54) is 7.11 Å². The molecule has 6 heteroatoms. The molecule has 0 aromatic carbocycles. The minimum absolute atomic E-state index is 0.0156. The van der Waals surface area contributed by atoms with Crippen molar-refractivity contribution in [2.45, 2.75) is 6.42 Å². The number of amides is 2. The molecule has 0 saturated carbocycles. The Kier molecular flexibility index (Phi) is 2.74. The van der Waals surface area contributed by atoms with E-state index in [0.717, 1.165) is 0 Å². The maximum atomic E-state index is 11.1. The lowest BCUT2D eigenvalue weighted by atomic mass is 10.0. The van der Waals surface area contributed by atoms with Gasteiger partial charge in [-0.2, -0.15) is 5.06 Å². The van der Waals surface area contributed by atoms with E-state index >= 15 is 0 Å². The lowest BCUT2D eigenvalue weighted by Gasteiger charge is -2.05. The third-order valence-electron chi connectivity index (χ3n) is 1.80. The molecule has 0 bridgehead atoms. The van der Waals surface area contributed by atoms with Crippen LogP contribution >= 0.6 is 0 Å². The number of ether oxygens (including phenoxy) is 1. The van der Waals surface area contributed by atoms with E-state index in [-0.39, 0.29) is 18.1 Å². The molecule has 0 aromatic rings. The van der Waals surface area contributed by atoms with Crippen molar-refractivity contribution < 1.29 is 24.3 Å². The van der Waals surface area contributed by atoms with Crippen molar-refractivity contribution in [1.82, 2.24) is 5.06 Å². The molecule has 1 heterocycles. The normalized spacial score (nSPS) is 22.6. The van der Waals surface area contributed by atoms with Crippen molar-refractivity contribution in [2.75, 3.05) is 13.7 Å². The monoisotopic (exact) mass is 187 g/mol. The molecule has 0 spiro atoms. The van der Waals surface area contributed by atoms with Crippen LogP contribution in [0.5, 0.6) is 0 Å². The summed E-state index contributed by atoms with van der Waals surface area (Å²) in [5.74, 6) is -3.18. The molecule has 1 rings (SSSR count). The molecule has 1 aliphatic heterocycles. The van der Waals surface area contributed by atoms with Gasteiger partial charge in [-0.25, -0.2) is 0 Å². The van der Waals surface area contributed by atoms with Crippen molar-refractivity contribution in [2.24, 2.45) is 5.92 Å². The highest BCUT2D eigenvalue weighted by Gasteiger charge is 2.42. The summed E-state index contributed by atoms with van der Waals surface area (Å²) >= 11 is 0. The molecule has 13 heavy (non-hydrogen) atoms. The van der Waals surface area contributed by atoms with Crippen LogP contribution in [0.25, 0.3) is 0 Å². The molecule has 1 saturated heterocycles. The van der Waals surface area contributed by atoms with Gasteiger partial charge in [-0.05, 0) is 0 Å². The van der Waals surface area contributed by atoms with Crippen LogP contribution in [0.3, 0.4) is 0 Å².